The van der Waals surface area contributed by atoms with Gasteiger partial charge in [0.1, 0.15) is 5.97 Å². The van der Waals surface area contributed by atoms with Gasteiger partial charge in [-0.3, -0.25) is 0 Å². The van der Waals surface area contributed by atoms with Crippen molar-refractivity contribution in [2.45, 2.75) is 18.9 Å². The summed E-state index contributed by atoms with van der Waals surface area (Å²) >= 11 is 0. The minimum absolute atomic E-state index is 0.0360. The standard InChI is InChI=1S/C12H15NO4/c1-12(11(15)16)8-6-10(17-2)9(14)5-7(8)3-4-13-12/h5-6,13-14H,3-4H2,1-2H3,(H,15,16)/t12-/m0/s1. The molecule has 0 fully saturated rings. The van der Waals surface area contributed by atoms with Crippen LogP contribution in [0.25, 0.3) is 0 Å². The largest absolute Gasteiger partial charge is 0.543 e. The first kappa shape index (κ1) is 11.7. The molecule has 0 amide bonds. The molecule has 0 saturated heterocycles. The molecular formula is C12H15NO4. The van der Waals surface area contributed by atoms with Gasteiger partial charge in [-0.05, 0) is 17.7 Å². The van der Waals surface area contributed by atoms with Crippen LogP contribution >= 0.6 is 0 Å². The number of fused-ring (bicyclic) bond motifs is 1. The van der Waals surface area contributed by atoms with Crippen LogP contribution in [0, 0.1) is 0 Å². The molecule has 0 radical (unpaired) electrons. The van der Waals surface area contributed by atoms with Crippen molar-refractivity contribution in [3.63, 3.8) is 0 Å². The van der Waals surface area contributed by atoms with Crippen LogP contribution in [0.15, 0.2) is 12.1 Å². The van der Waals surface area contributed by atoms with Gasteiger partial charge in [-0.2, -0.15) is 0 Å². The zero-order valence-electron chi connectivity index (χ0n) is 9.82. The van der Waals surface area contributed by atoms with Crippen LogP contribution < -0.4 is 15.2 Å². The summed E-state index contributed by atoms with van der Waals surface area (Å²) in [5, 5.41) is 22.7. The maximum atomic E-state index is 11.3. The van der Waals surface area contributed by atoms with Gasteiger partial charge in [-0.1, -0.05) is 0 Å². The molecular weight excluding hydrogens is 222 g/mol. The fraction of sp³-hybridized carbons (Fsp3) is 0.417. The second-order valence-corrected chi connectivity index (χ2v) is 4.41. The predicted molar refractivity (Wildman–Crippen MR) is 57.5 cm³/mol. The van der Waals surface area contributed by atoms with Gasteiger partial charge in [0.05, 0.1) is 13.7 Å². The van der Waals surface area contributed by atoms with E-state index >= 15 is 0 Å². The molecule has 5 heteroatoms. The van der Waals surface area contributed by atoms with Gasteiger partial charge in [0.2, 0.25) is 0 Å². The highest BCUT2D eigenvalue weighted by Gasteiger charge is 2.38. The third kappa shape index (κ3) is 1.72. The van der Waals surface area contributed by atoms with E-state index in [1.54, 1.807) is 24.4 Å². The van der Waals surface area contributed by atoms with Crippen molar-refractivity contribution in [3.8, 4) is 11.5 Å². The summed E-state index contributed by atoms with van der Waals surface area (Å²) in [6.45, 7) is 2.26. The Labute approximate surface area is 99.0 Å². The summed E-state index contributed by atoms with van der Waals surface area (Å²) in [6.07, 6.45) is 0.718. The zero-order valence-corrected chi connectivity index (χ0v) is 9.82. The Kier molecular flexibility index (Phi) is 2.71. The average Bonchev–Trinajstić information content (AvgIpc) is 2.28. The number of carbonyl (C=O) groups excluding carboxylic acids is 1. The number of nitrogens with two attached hydrogens (primary N) is 1. The summed E-state index contributed by atoms with van der Waals surface area (Å²) in [6, 6.07) is 3.15. The van der Waals surface area contributed by atoms with Gasteiger partial charge in [0.15, 0.2) is 17.0 Å². The van der Waals surface area contributed by atoms with E-state index in [-0.39, 0.29) is 11.5 Å². The number of hydrogen-bond donors (Lipinski definition) is 2. The van der Waals surface area contributed by atoms with E-state index in [2.05, 4.69) is 0 Å². The third-order valence-corrected chi connectivity index (χ3v) is 3.35. The predicted octanol–water partition coefficient (Wildman–Crippen LogP) is -1.51. The summed E-state index contributed by atoms with van der Waals surface area (Å²) < 4.78 is 5.01. The van der Waals surface area contributed by atoms with E-state index < -0.39 is 11.5 Å². The third-order valence-electron chi connectivity index (χ3n) is 3.35. The maximum absolute atomic E-state index is 11.3. The molecule has 0 spiro atoms. The minimum atomic E-state index is -1.13. The maximum Gasteiger partial charge on any atom is 0.161 e. The quantitative estimate of drug-likeness (QED) is 0.654. The number of quaternary nitrogens is 1. The Morgan fingerprint density at radius 2 is 2.29 bits per heavy atom. The summed E-state index contributed by atoms with van der Waals surface area (Å²) in [5.74, 6) is -0.813. The Morgan fingerprint density at radius 1 is 1.59 bits per heavy atom. The highest BCUT2D eigenvalue weighted by atomic mass is 16.5. The molecule has 1 aliphatic rings. The SMILES string of the molecule is COc1cc2c(cc1O)CC[NH2+][C@]2(C)C(=O)[O-]. The molecule has 0 bridgehead atoms. The van der Waals surface area contributed by atoms with Gasteiger partial charge < -0.3 is 25.1 Å². The van der Waals surface area contributed by atoms with E-state index in [4.69, 9.17) is 4.74 Å². The van der Waals surface area contributed by atoms with Gasteiger partial charge in [0.25, 0.3) is 0 Å². The number of carboxylic acids is 1. The number of ether oxygens (including phenoxy) is 1. The molecule has 5 nitrogen and oxygen atoms in total. The Balaban J connectivity index is 2.61. The number of hydrogen-bond acceptors (Lipinski definition) is 4. The highest BCUT2D eigenvalue weighted by Crippen LogP contribution is 2.34. The summed E-state index contributed by atoms with van der Waals surface area (Å²) in [7, 11) is 1.43. The van der Waals surface area contributed by atoms with Crippen molar-refractivity contribution in [1.82, 2.24) is 0 Å². The van der Waals surface area contributed by atoms with E-state index in [1.165, 1.54) is 7.11 Å². The van der Waals surface area contributed by atoms with Gasteiger partial charge >= 0.3 is 0 Å². The number of methoxy groups -OCH3 is 1. The Bertz CT molecular complexity index is 472. The Morgan fingerprint density at radius 3 is 2.88 bits per heavy atom. The molecule has 1 aliphatic heterocycles. The van der Waals surface area contributed by atoms with Crippen LogP contribution in [-0.2, 0) is 16.8 Å². The van der Waals surface area contributed by atoms with Crippen LogP contribution in [0.2, 0.25) is 0 Å². The molecule has 0 unspecified atom stereocenters. The van der Waals surface area contributed by atoms with Crippen LogP contribution in [0.4, 0.5) is 0 Å². The lowest BCUT2D eigenvalue weighted by molar-refractivity contribution is -0.728. The van der Waals surface area contributed by atoms with Crippen molar-refractivity contribution in [2.75, 3.05) is 13.7 Å². The lowest BCUT2D eigenvalue weighted by Gasteiger charge is -2.34. The molecule has 1 aromatic carbocycles. The Hall–Kier alpha value is -1.75. The topological polar surface area (TPSA) is 86.2 Å². The zero-order chi connectivity index (χ0) is 12.6. The second-order valence-electron chi connectivity index (χ2n) is 4.41. The highest BCUT2D eigenvalue weighted by molar-refractivity contribution is 5.77. The van der Waals surface area contributed by atoms with E-state index in [1.807, 2.05) is 0 Å². The molecule has 0 aliphatic carbocycles. The monoisotopic (exact) mass is 237 g/mol. The van der Waals surface area contributed by atoms with Crippen molar-refractivity contribution in [2.24, 2.45) is 0 Å². The van der Waals surface area contributed by atoms with Crippen molar-refractivity contribution < 1.29 is 25.1 Å². The molecule has 0 aromatic heterocycles. The fourth-order valence-corrected chi connectivity index (χ4v) is 2.29. The second kappa shape index (κ2) is 3.92. The van der Waals surface area contributed by atoms with Crippen LogP contribution in [-0.4, -0.2) is 24.7 Å². The van der Waals surface area contributed by atoms with E-state index in [0.29, 0.717) is 12.1 Å². The fourth-order valence-electron chi connectivity index (χ4n) is 2.29. The first-order valence-corrected chi connectivity index (χ1v) is 5.45. The van der Waals surface area contributed by atoms with Gasteiger partial charge in [-0.15, -0.1) is 0 Å². The van der Waals surface area contributed by atoms with Crippen LogP contribution in [0.1, 0.15) is 18.1 Å². The number of carbonyl (C=O) groups is 1. The smallest absolute Gasteiger partial charge is 0.161 e. The van der Waals surface area contributed by atoms with Crippen LogP contribution in [0.5, 0.6) is 11.5 Å². The molecule has 1 atom stereocenters. The van der Waals surface area contributed by atoms with E-state index in [9.17, 15) is 15.0 Å². The van der Waals surface area contributed by atoms with Gasteiger partial charge in [-0.25, -0.2) is 0 Å². The van der Waals surface area contributed by atoms with Crippen LogP contribution in [0.3, 0.4) is 0 Å². The van der Waals surface area contributed by atoms with Crippen molar-refractivity contribution in [1.29, 1.82) is 0 Å². The number of aromatic hydroxyl groups is 1. The van der Waals surface area contributed by atoms with Gasteiger partial charge in [0, 0.05) is 18.9 Å². The molecule has 0 saturated carbocycles. The number of phenolic OH excluding ortho intramolecular Hbond substituents is 1. The number of rotatable bonds is 2. The molecule has 1 heterocycles. The molecule has 92 valence electrons. The molecule has 17 heavy (non-hydrogen) atoms. The number of benzene rings is 1. The normalized spacial score (nSPS) is 22.9. The molecule has 3 N–H and O–H groups in total. The average molecular weight is 237 g/mol. The number of phenols is 1. The number of carboxylic acid groups (broad SMARTS) is 1. The summed E-state index contributed by atoms with van der Waals surface area (Å²) in [5.41, 5.74) is 0.352. The molecule has 2 rings (SSSR count). The van der Waals surface area contributed by atoms with E-state index in [0.717, 1.165) is 12.0 Å². The minimum Gasteiger partial charge on any atom is -0.543 e. The first-order chi connectivity index (χ1) is 7.99. The lowest BCUT2D eigenvalue weighted by atomic mass is 9.83. The van der Waals surface area contributed by atoms with Crippen molar-refractivity contribution in [3.05, 3.63) is 23.3 Å². The number of aliphatic carboxylic acids is 1. The lowest BCUT2D eigenvalue weighted by Crippen LogP contribution is -2.99. The molecule has 1 aromatic rings. The van der Waals surface area contributed by atoms with Crippen molar-refractivity contribution >= 4 is 5.97 Å². The first-order valence-electron chi connectivity index (χ1n) is 5.45. The summed E-state index contributed by atoms with van der Waals surface area (Å²) in [4.78, 5) is 11.3.